The summed E-state index contributed by atoms with van der Waals surface area (Å²) >= 11 is 0. The Morgan fingerprint density at radius 1 is 0.973 bits per heavy atom. The number of imidazole rings is 1. The number of fused-ring (bicyclic) bond motifs is 2. The van der Waals surface area contributed by atoms with Crippen LogP contribution in [-0.4, -0.2) is 46.5 Å². The Kier molecular flexibility index (Phi) is 6.03. The second-order valence-electron chi connectivity index (χ2n) is 8.98. The van der Waals surface area contributed by atoms with E-state index in [4.69, 9.17) is 4.98 Å². The van der Waals surface area contributed by atoms with Gasteiger partial charge in [-0.3, -0.25) is 20.1 Å². The van der Waals surface area contributed by atoms with Gasteiger partial charge in [0.2, 0.25) is 0 Å². The maximum absolute atomic E-state index is 10.2. The fraction of sp³-hybridized carbons (Fsp3) is 0.179. The van der Waals surface area contributed by atoms with E-state index in [2.05, 4.69) is 42.4 Å². The number of pyridine rings is 3. The minimum Gasteiger partial charge on any atom is -0.374 e. The normalized spacial score (nSPS) is 12.3. The van der Waals surface area contributed by atoms with E-state index in [0.29, 0.717) is 17.9 Å². The van der Waals surface area contributed by atoms with Crippen molar-refractivity contribution in [3.05, 3.63) is 73.4 Å². The standard InChI is InChI=1S/C28H26N8O/c1-2-3-9-25(37)32-19-11-18(14-30-15-19)23-12-21-24(16-31-23)35-36-27(21)28-33-22-8-4-7-20(26(22)34-28)17-6-5-10-29-13-17/h4-8,10-16,25,32,37H,2-3,9H2,1H3,(H,33,34)(H,35,36). The van der Waals surface area contributed by atoms with Gasteiger partial charge in [-0.2, -0.15) is 5.10 Å². The number of H-pyrrole nitrogens is 2. The molecule has 9 nitrogen and oxygen atoms in total. The average molecular weight is 491 g/mol. The number of rotatable bonds is 8. The lowest BCUT2D eigenvalue weighted by Crippen LogP contribution is -2.18. The van der Waals surface area contributed by atoms with Crippen LogP contribution in [0, 0.1) is 0 Å². The lowest BCUT2D eigenvalue weighted by atomic mass is 10.1. The van der Waals surface area contributed by atoms with Gasteiger partial charge in [0.15, 0.2) is 5.82 Å². The first-order valence-electron chi connectivity index (χ1n) is 12.3. The van der Waals surface area contributed by atoms with Crippen LogP contribution in [0.25, 0.3) is 55.8 Å². The second-order valence-corrected chi connectivity index (χ2v) is 8.98. The second kappa shape index (κ2) is 9.79. The number of nitrogens with one attached hydrogen (secondary N) is 3. The van der Waals surface area contributed by atoms with E-state index in [0.717, 1.165) is 62.8 Å². The number of para-hydroxylation sites is 1. The fourth-order valence-electron chi connectivity index (χ4n) is 4.48. The van der Waals surface area contributed by atoms with Gasteiger partial charge in [0.25, 0.3) is 0 Å². The summed E-state index contributed by atoms with van der Waals surface area (Å²) in [6.07, 6.45) is 10.9. The molecule has 0 bridgehead atoms. The van der Waals surface area contributed by atoms with E-state index in [1.54, 1.807) is 24.8 Å². The third kappa shape index (κ3) is 4.52. The van der Waals surface area contributed by atoms with E-state index in [-0.39, 0.29) is 0 Å². The highest BCUT2D eigenvalue weighted by Crippen LogP contribution is 2.32. The molecule has 0 radical (unpaired) electrons. The Morgan fingerprint density at radius 2 is 1.89 bits per heavy atom. The summed E-state index contributed by atoms with van der Waals surface area (Å²) in [6, 6.07) is 13.9. The highest BCUT2D eigenvalue weighted by Gasteiger charge is 2.16. The number of aliphatic hydroxyl groups excluding tert-OH is 1. The Balaban J connectivity index is 1.37. The Bertz CT molecular complexity index is 1670. The van der Waals surface area contributed by atoms with Crippen molar-refractivity contribution in [3.63, 3.8) is 0 Å². The van der Waals surface area contributed by atoms with E-state index in [1.165, 1.54) is 0 Å². The number of aliphatic hydroxyl groups is 1. The molecular formula is C28H26N8O. The van der Waals surface area contributed by atoms with E-state index >= 15 is 0 Å². The third-order valence-corrected chi connectivity index (χ3v) is 6.36. The molecule has 4 N–H and O–H groups in total. The van der Waals surface area contributed by atoms with Crippen LogP contribution in [0.4, 0.5) is 5.69 Å². The maximum atomic E-state index is 10.2. The van der Waals surface area contributed by atoms with Crippen molar-refractivity contribution in [2.24, 2.45) is 0 Å². The van der Waals surface area contributed by atoms with Gasteiger partial charge in [-0.25, -0.2) is 4.98 Å². The number of hydrogen-bond donors (Lipinski definition) is 4. The first-order valence-corrected chi connectivity index (χ1v) is 12.3. The van der Waals surface area contributed by atoms with E-state index in [9.17, 15) is 5.11 Å². The predicted octanol–water partition coefficient (Wildman–Crippen LogP) is 5.55. The Labute approximate surface area is 213 Å². The number of hydrogen-bond acceptors (Lipinski definition) is 7. The maximum Gasteiger partial charge on any atom is 0.159 e. The van der Waals surface area contributed by atoms with Crippen molar-refractivity contribution >= 4 is 27.6 Å². The van der Waals surface area contributed by atoms with Crippen molar-refractivity contribution in [3.8, 4) is 33.9 Å². The van der Waals surface area contributed by atoms with Crippen LogP contribution in [-0.2, 0) is 0 Å². The summed E-state index contributed by atoms with van der Waals surface area (Å²) in [7, 11) is 0. The van der Waals surface area contributed by atoms with Gasteiger partial charge in [0.05, 0.1) is 40.3 Å². The summed E-state index contributed by atoms with van der Waals surface area (Å²) in [5, 5.41) is 21.9. The first kappa shape index (κ1) is 22.8. The Hall–Kier alpha value is -4.63. The smallest absolute Gasteiger partial charge is 0.159 e. The number of benzene rings is 1. The quantitative estimate of drug-likeness (QED) is 0.206. The van der Waals surface area contributed by atoms with Crippen molar-refractivity contribution in [1.29, 1.82) is 0 Å². The van der Waals surface area contributed by atoms with Gasteiger partial charge in [-0.15, -0.1) is 0 Å². The SMILES string of the molecule is CCCCC(O)Nc1cncc(-c2cc3c(-c4nc5c(-c6cccnc6)cccc5[nH]4)n[nH]c3cn2)c1. The molecule has 0 fully saturated rings. The lowest BCUT2D eigenvalue weighted by Gasteiger charge is -2.14. The van der Waals surface area contributed by atoms with Gasteiger partial charge in [0.1, 0.15) is 11.9 Å². The molecule has 0 saturated heterocycles. The molecule has 1 aromatic carbocycles. The summed E-state index contributed by atoms with van der Waals surface area (Å²) in [5.41, 5.74) is 7.65. The summed E-state index contributed by atoms with van der Waals surface area (Å²) in [5.74, 6) is 0.669. The molecule has 184 valence electrons. The molecule has 0 saturated carbocycles. The predicted molar refractivity (Wildman–Crippen MR) is 145 cm³/mol. The third-order valence-electron chi connectivity index (χ3n) is 6.36. The van der Waals surface area contributed by atoms with Crippen molar-refractivity contribution in [2.75, 3.05) is 5.32 Å². The average Bonchev–Trinajstić information content (AvgIpc) is 3.56. The van der Waals surface area contributed by atoms with Crippen molar-refractivity contribution in [1.82, 2.24) is 35.1 Å². The summed E-state index contributed by atoms with van der Waals surface area (Å²) in [4.78, 5) is 21.6. The number of nitrogens with zero attached hydrogens (tertiary/aromatic N) is 5. The van der Waals surface area contributed by atoms with Crippen molar-refractivity contribution in [2.45, 2.75) is 32.4 Å². The molecule has 0 amide bonds. The van der Waals surface area contributed by atoms with Gasteiger partial charge in [-0.05, 0) is 37.1 Å². The topological polar surface area (TPSA) is 128 Å². The fourth-order valence-corrected chi connectivity index (χ4v) is 4.48. The molecule has 37 heavy (non-hydrogen) atoms. The molecule has 6 aromatic rings. The van der Waals surface area contributed by atoms with Gasteiger partial charge >= 0.3 is 0 Å². The molecule has 0 aliphatic carbocycles. The van der Waals surface area contributed by atoms with Crippen LogP contribution in [0.15, 0.2) is 73.4 Å². The van der Waals surface area contributed by atoms with Crippen molar-refractivity contribution < 1.29 is 5.11 Å². The summed E-state index contributed by atoms with van der Waals surface area (Å²) < 4.78 is 0. The Morgan fingerprint density at radius 3 is 2.76 bits per heavy atom. The van der Waals surface area contributed by atoms with Crippen LogP contribution in [0.2, 0.25) is 0 Å². The number of anilines is 1. The van der Waals surface area contributed by atoms with Crippen LogP contribution < -0.4 is 5.32 Å². The van der Waals surface area contributed by atoms with Crippen LogP contribution in [0.5, 0.6) is 0 Å². The van der Waals surface area contributed by atoms with E-state index in [1.807, 2.05) is 48.7 Å². The highest BCUT2D eigenvalue weighted by molar-refractivity contribution is 5.97. The molecule has 6 rings (SSSR count). The van der Waals surface area contributed by atoms with Gasteiger partial charge in [-0.1, -0.05) is 31.5 Å². The number of aromatic nitrogens is 7. The zero-order valence-corrected chi connectivity index (χ0v) is 20.3. The molecule has 0 aliphatic heterocycles. The number of aromatic amines is 2. The minimum atomic E-state index is -0.613. The molecule has 5 heterocycles. The first-order chi connectivity index (χ1) is 18.2. The molecule has 1 atom stereocenters. The number of unbranched alkanes of at least 4 members (excludes halogenated alkanes) is 1. The molecule has 0 spiro atoms. The lowest BCUT2D eigenvalue weighted by molar-refractivity contribution is 0.190. The largest absolute Gasteiger partial charge is 0.374 e. The highest BCUT2D eigenvalue weighted by atomic mass is 16.3. The zero-order valence-electron chi connectivity index (χ0n) is 20.3. The molecule has 1 unspecified atom stereocenters. The minimum absolute atomic E-state index is 0.613. The van der Waals surface area contributed by atoms with E-state index < -0.39 is 6.23 Å². The molecule has 0 aliphatic rings. The van der Waals surface area contributed by atoms with Crippen LogP contribution in [0.1, 0.15) is 26.2 Å². The monoisotopic (exact) mass is 490 g/mol. The van der Waals surface area contributed by atoms with Gasteiger partial charge in [0, 0.05) is 40.7 Å². The zero-order chi connectivity index (χ0) is 25.2. The molecule has 9 heteroatoms. The molecule has 5 aromatic heterocycles. The van der Waals surface area contributed by atoms with Crippen LogP contribution in [0.3, 0.4) is 0 Å². The molecular weight excluding hydrogens is 464 g/mol. The summed E-state index contributed by atoms with van der Waals surface area (Å²) in [6.45, 7) is 2.10. The van der Waals surface area contributed by atoms with Crippen LogP contribution >= 0.6 is 0 Å². The van der Waals surface area contributed by atoms with Gasteiger partial charge < -0.3 is 15.4 Å².